The van der Waals surface area contributed by atoms with Crippen LogP contribution in [-0.4, -0.2) is 46.2 Å². The van der Waals surface area contributed by atoms with Gasteiger partial charge in [-0.1, -0.05) is 90.1 Å². The van der Waals surface area contributed by atoms with E-state index in [1.165, 1.54) is 16.0 Å². The third kappa shape index (κ3) is 11.6. The Morgan fingerprint density at radius 1 is 0.538 bits per heavy atom. The Kier molecular flexibility index (Phi) is 15.1. The first kappa shape index (κ1) is 40.4. The molecule has 0 amide bonds. The van der Waals surface area contributed by atoms with Gasteiger partial charge in [0, 0.05) is 65.5 Å². The zero-order valence-electron chi connectivity index (χ0n) is 30.5. The fourth-order valence-electron chi connectivity index (χ4n) is 5.18. The number of pyridine rings is 2. The van der Waals surface area contributed by atoms with E-state index in [4.69, 9.17) is 4.98 Å². The van der Waals surface area contributed by atoms with Gasteiger partial charge in [0.05, 0.1) is 0 Å². The van der Waals surface area contributed by atoms with Crippen LogP contribution in [0.15, 0.2) is 152 Å². The molecule has 268 valence electrons. The smallest absolute Gasteiger partial charge is 0.269 e. The maximum absolute atomic E-state index is 5.04. The van der Waals surface area contributed by atoms with Gasteiger partial charge in [-0.15, -0.1) is 11.8 Å². The minimum Gasteiger partial charge on any atom is -0.269 e. The summed E-state index contributed by atoms with van der Waals surface area (Å²) in [5, 5.41) is 15.4. The molecule has 0 atom stereocenters. The summed E-state index contributed by atoms with van der Waals surface area (Å²) in [4.78, 5) is 9.38. The van der Waals surface area contributed by atoms with Crippen molar-refractivity contribution in [3.8, 4) is 0 Å². The van der Waals surface area contributed by atoms with Gasteiger partial charge in [0.15, 0.2) is 5.44 Å². The second-order valence-corrected chi connectivity index (χ2v) is 16.3. The molecule has 0 saturated carbocycles. The van der Waals surface area contributed by atoms with Gasteiger partial charge < -0.3 is 0 Å². The van der Waals surface area contributed by atoms with E-state index in [2.05, 4.69) is 157 Å². The van der Waals surface area contributed by atoms with E-state index in [1.54, 1.807) is 32.4 Å². The first-order valence-electron chi connectivity index (χ1n) is 16.9. The number of hydrogen-bond acceptors (Lipinski definition) is 5. The van der Waals surface area contributed by atoms with Crippen molar-refractivity contribution in [3.05, 3.63) is 176 Å². The maximum atomic E-state index is 5.04. The molecule has 0 N–H and O–H groups in total. The van der Waals surface area contributed by atoms with Crippen LogP contribution in [0.2, 0.25) is 0 Å². The topological polar surface area (TPSA) is 79.2 Å². The molecule has 0 radical (unpaired) electrons. The second-order valence-electron chi connectivity index (χ2n) is 13.8. The fraction of sp³-hybridized carbons (Fsp3) is 0.200. The predicted octanol–water partition coefficient (Wildman–Crippen LogP) is 7.32. The zero-order valence-corrected chi connectivity index (χ0v) is 34.0. The van der Waals surface area contributed by atoms with Crippen molar-refractivity contribution in [3.63, 3.8) is 0 Å². The standard InChI is InChI=1S/C21H22NP.C10H14N.C9H9BN6.ClH.Ru/c1-21(2,3)19-15-10-16-20(22-19)23(17-11-6-4-7-12-17)18-13-8-5-9-14-18;1-8-6-5-7-9(11-8)10(2,3)4;1-4-11-14(7-1)10(15-8-2-5-12-15)16-9-3-6-13-16;;/h4-16H,1-3H3;5-7H,1H2,2-4H3;1-9H;1H;/q;-1;;;+2. The van der Waals surface area contributed by atoms with E-state index < -0.39 is 7.92 Å². The molecule has 0 bridgehead atoms. The molecule has 12 heteroatoms. The molecule has 0 aliphatic heterocycles. The number of halogens is 1. The normalized spacial score (nSPS) is 10.9. The average Bonchev–Trinajstić information content (AvgIpc) is 3.97. The predicted molar refractivity (Wildman–Crippen MR) is 215 cm³/mol. The first-order valence-corrected chi connectivity index (χ1v) is 20.6. The zero-order chi connectivity index (χ0) is 37.6. The average molecular weight is 817 g/mol. The number of nitrogens with zero attached hydrogens (tertiary/aromatic N) is 8. The Morgan fingerprint density at radius 3 is 1.29 bits per heavy atom. The molecule has 7 aromatic rings. The van der Waals surface area contributed by atoms with Gasteiger partial charge >= 0.3 is 34.1 Å². The van der Waals surface area contributed by atoms with Gasteiger partial charge in [-0.2, -0.15) is 21.4 Å². The Balaban J connectivity index is 0.000000182. The SMILES string of the molecule is CC(C)(C)c1cccc([PH+](c2ccccc2)c2ccccc2)n1.[CH2-]c1cccc(C(C)(C)C)n1.[Cl][Ru+].c1cnn(B(n2cccn2)n2cccn2)c1. The fourth-order valence-corrected chi connectivity index (χ4v) is 7.65. The molecule has 7 rings (SSSR count). The van der Waals surface area contributed by atoms with Crippen LogP contribution < -0.4 is 16.0 Å². The summed E-state index contributed by atoms with van der Waals surface area (Å²) >= 11 is 1.82. The van der Waals surface area contributed by atoms with Gasteiger partial charge in [0.1, 0.15) is 18.5 Å². The van der Waals surface area contributed by atoms with Crippen molar-refractivity contribution >= 4 is 40.8 Å². The largest absolute Gasteiger partial charge is 0.568 e. The first-order chi connectivity index (χ1) is 25.0. The van der Waals surface area contributed by atoms with Crippen LogP contribution in [0.25, 0.3) is 0 Å². The molecule has 0 spiro atoms. The van der Waals surface area contributed by atoms with Crippen molar-refractivity contribution in [2.24, 2.45) is 0 Å². The van der Waals surface area contributed by atoms with Crippen LogP contribution in [0.5, 0.6) is 0 Å². The minimum atomic E-state index is -1.07. The summed E-state index contributed by atoms with van der Waals surface area (Å²) in [5.41, 5.74) is 4.51. The number of rotatable bonds is 6. The van der Waals surface area contributed by atoms with Crippen LogP contribution in [0.4, 0.5) is 0 Å². The van der Waals surface area contributed by atoms with Gasteiger partial charge in [0.2, 0.25) is 0 Å². The van der Waals surface area contributed by atoms with Gasteiger partial charge in [-0.05, 0) is 48.5 Å². The Bertz CT molecular complexity index is 1880. The number of aromatic nitrogens is 8. The summed E-state index contributed by atoms with van der Waals surface area (Å²) < 4.78 is 5.38. The van der Waals surface area contributed by atoms with E-state index in [9.17, 15) is 0 Å². The van der Waals surface area contributed by atoms with E-state index in [0.717, 1.165) is 17.1 Å². The van der Waals surface area contributed by atoms with Crippen molar-refractivity contribution in [2.45, 2.75) is 52.4 Å². The van der Waals surface area contributed by atoms with Crippen LogP contribution in [0.3, 0.4) is 0 Å². The van der Waals surface area contributed by atoms with Gasteiger partial charge in [-0.25, -0.2) is 11.9 Å². The van der Waals surface area contributed by atoms with E-state index in [-0.39, 0.29) is 17.9 Å². The van der Waals surface area contributed by atoms with Crippen molar-refractivity contribution in [1.82, 2.24) is 39.0 Å². The molecular weight excluding hydrogens is 771 g/mol. The third-order valence-electron chi connectivity index (χ3n) is 7.76. The quantitative estimate of drug-likeness (QED) is 0.1000. The molecule has 0 aliphatic carbocycles. The molecule has 0 unspecified atom stereocenters. The van der Waals surface area contributed by atoms with Crippen molar-refractivity contribution in [1.29, 1.82) is 0 Å². The van der Waals surface area contributed by atoms with Gasteiger partial charge in [-0.3, -0.25) is 18.8 Å². The molecule has 5 aromatic heterocycles. The Hall–Kier alpha value is -4.35. The minimum absolute atomic E-state index is 0.0658. The number of benzene rings is 2. The second kappa shape index (κ2) is 19.5. The monoisotopic (exact) mass is 817 g/mol. The third-order valence-corrected chi connectivity index (χ3v) is 10.4. The van der Waals surface area contributed by atoms with Crippen molar-refractivity contribution < 1.29 is 17.3 Å². The Morgan fingerprint density at radius 2 is 0.942 bits per heavy atom. The van der Waals surface area contributed by atoms with Gasteiger partial charge in [0.25, 0.3) is 0 Å². The summed E-state index contributed by atoms with van der Waals surface area (Å²) in [7, 11) is 3.30. The molecule has 0 aliphatic rings. The molecule has 0 fully saturated rings. The van der Waals surface area contributed by atoms with Crippen LogP contribution in [0.1, 0.15) is 58.6 Å². The van der Waals surface area contributed by atoms with E-state index in [0.29, 0.717) is 0 Å². The van der Waals surface area contributed by atoms with E-state index in [1.807, 2.05) is 72.3 Å². The Labute approximate surface area is 324 Å². The molecule has 5 heterocycles. The van der Waals surface area contributed by atoms with Crippen molar-refractivity contribution in [2.75, 3.05) is 0 Å². The van der Waals surface area contributed by atoms with Crippen LogP contribution >= 0.6 is 17.6 Å². The van der Waals surface area contributed by atoms with E-state index >= 15 is 0 Å². The van der Waals surface area contributed by atoms with Crippen LogP contribution in [-0.2, 0) is 28.1 Å². The summed E-state index contributed by atoms with van der Waals surface area (Å²) in [5.74, 6) is 0. The molecule has 0 saturated heterocycles. The van der Waals surface area contributed by atoms with Crippen LogP contribution in [0, 0.1) is 6.92 Å². The molecule has 8 nitrogen and oxygen atoms in total. The number of hydrogen-bond donors (Lipinski definition) is 0. The maximum Gasteiger partial charge on any atom is 0.568 e. The molecule has 52 heavy (non-hydrogen) atoms. The summed E-state index contributed by atoms with van der Waals surface area (Å²) in [6.07, 6.45) is 10.9. The summed E-state index contributed by atoms with van der Waals surface area (Å²) in [6, 6.07) is 39.6. The molecular formula is C40H46BClN8PRu+. The molecule has 2 aromatic carbocycles. The summed E-state index contributed by atoms with van der Waals surface area (Å²) in [6.45, 7) is 16.9.